The minimum Gasteiger partial charge on any atom is -0.480 e. The standard InChI is InChI=1S/C20H22N2O4/c1-14(20(25)26)22(13-12-21-15(2)23)19(24)18-10-8-17(9-11-18)16-6-4-3-5-7-16/h3-11,14H,12-13H2,1-2H3,(H,21,23)(H,25,26). The van der Waals surface area contributed by atoms with Crippen LogP contribution in [0.15, 0.2) is 54.6 Å². The van der Waals surface area contributed by atoms with Gasteiger partial charge in [-0.3, -0.25) is 9.59 Å². The van der Waals surface area contributed by atoms with Gasteiger partial charge in [0.25, 0.3) is 5.91 Å². The molecule has 2 aromatic rings. The lowest BCUT2D eigenvalue weighted by Crippen LogP contribution is -2.46. The number of aliphatic carboxylic acids is 1. The van der Waals surface area contributed by atoms with Crippen LogP contribution in [0.5, 0.6) is 0 Å². The molecule has 1 unspecified atom stereocenters. The summed E-state index contributed by atoms with van der Waals surface area (Å²) in [4.78, 5) is 36.4. The van der Waals surface area contributed by atoms with Gasteiger partial charge in [0.1, 0.15) is 6.04 Å². The van der Waals surface area contributed by atoms with Crippen LogP contribution in [0.1, 0.15) is 24.2 Å². The molecule has 0 radical (unpaired) electrons. The fourth-order valence-corrected chi connectivity index (χ4v) is 2.56. The normalized spacial score (nSPS) is 11.5. The third-order valence-electron chi connectivity index (χ3n) is 4.05. The number of carboxylic acids is 1. The zero-order valence-electron chi connectivity index (χ0n) is 14.8. The lowest BCUT2D eigenvalue weighted by Gasteiger charge is -2.26. The Kier molecular flexibility index (Phi) is 6.49. The number of carbonyl (C=O) groups is 3. The highest BCUT2D eigenvalue weighted by atomic mass is 16.4. The van der Waals surface area contributed by atoms with Gasteiger partial charge in [-0.1, -0.05) is 42.5 Å². The third kappa shape index (κ3) is 4.92. The van der Waals surface area contributed by atoms with Gasteiger partial charge in [-0.05, 0) is 30.2 Å². The first kappa shape index (κ1) is 19.2. The molecular formula is C20H22N2O4. The number of rotatable bonds is 7. The molecule has 0 aromatic heterocycles. The summed E-state index contributed by atoms with van der Waals surface area (Å²) in [5.74, 6) is -1.71. The molecule has 1 atom stereocenters. The molecule has 0 spiro atoms. The molecule has 2 amide bonds. The van der Waals surface area contributed by atoms with Crippen molar-refractivity contribution < 1.29 is 19.5 Å². The van der Waals surface area contributed by atoms with Crippen LogP contribution < -0.4 is 5.32 Å². The lowest BCUT2D eigenvalue weighted by atomic mass is 10.0. The molecule has 2 rings (SSSR count). The van der Waals surface area contributed by atoms with E-state index < -0.39 is 12.0 Å². The highest BCUT2D eigenvalue weighted by Gasteiger charge is 2.26. The van der Waals surface area contributed by atoms with E-state index in [1.165, 1.54) is 18.7 Å². The molecule has 136 valence electrons. The maximum atomic E-state index is 12.8. The molecule has 2 aromatic carbocycles. The number of benzene rings is 2. The molecule has 0 fully saturated rings. The predicted octanol–water partition coefficient (Wildman–Crippen LogP) is 2.40. The van der Waals surface area contributed by atoms with Gasteiger partial charge in [0, 0.05) is 25.6 Å². The van der Waals surface area contributed by atoms with E-state index in [0.29, 0.717) is 5.56 Å². The smallest absolute Gasteiger partial charge is 0.326 e. The Morgan fingerprint density at radius 2 is 1.58 bits per heavy atom. The fraction of sp³-hybridized carbons (Fsp3) is 0.250. The highest BCUT2D eigenvalue weighted by Crippen LogP contribution is 2.20. The van der Waals surface area contributed by atoms with Crippen LogP contribution in [0.3, 0.4) is 0 Å². The molecule has 0 bridgehead atoms. The molecule has 0 saturated carbocycles. The third-order valence-corrected chi connectivity index (χ3v) is 4.05. The van der Waals surface area contributed by atoms with E-state index in [-0.39, 0.29) is 24.9 Å². The second-order valence-corrected chi connectivity index (χ2v) is 5.94. The molecule has 6 heteroatoms. The molecule has 26 heavy (non-hydrogen) atoms. The van der Waals surface area contributed by atoms with Crippen molar-refractivity contribution in [2.24, 2.45) is 0 Å². The molecule has 0 saturated heterocycles. The summed E-state index contributed by atoms with van der Waals surface area (Å²) in [6.07, 6.45) is 0. The summed E-state index contributed by atoms with van der Waals surface area (Å²) in [6, 6.07) is 15.8. The quantitative estimate of drug-likeness (QED) is 0.799. The van der Waals surface area contributed by atoms with Crippen LogP contribution in [-0.4, -0.2) is 46.9 Å². The van der Waals surface area contributed by atoms with Crippen molar-refractivity contribution in [3.8, 4) is 11.1 Å². The molecule has 6 nitrogen and oxygen atoms in total. The fourth-order valence-electron chi connectivity index (χ4n) is 2.56. The van der Waals surface area contributed by atoms with Gasteiger partial charge in [-0.25, -0.2) is 4.79 Å². The minimum absolute atomic E-state index is 0.117. The number of carboxylic acid groups (broad SMARTS) is 1. The van der Waals surface area contributed by atoms with E-state index in [2.05, 4.69) is 5.32 Å². The second-order valence-electron chi connectivity index (χ2n) is 5.94. The number of amides is 2. The Balaban J connectivity index is 2.18. The van der Waals surface area contributed by atoms with E-state index in [0.717, 1.165) is 11.1 Å². The van der Waals surface area contributed by atoms with E-state index in [4.69, 9.17) is 0 Å². The van der Waals surface area contributed by atoms with Gasteiger partial charge in [0.2, 0.25) is 5.91 Å². The van der Waals surface area contributed by atoms with Gasteiger partial charge in [0.15, 0.2) is 0 Å². The topological polar surface area (TPSA) is 86.7 Å². The number of hydrogen-bond donors (Lipinski definition) is 2. The van der Waals surface area contributed by atoms with Gasteiger partial charge in [-0.2, -0.15) is 0 Å². The van der Waals surface area contributed by atoms with Crippen LogP contribution in [0.4, 0.5) is 0 Å². The van der Waals surface area contributed by atoms with Crippen LogP contribution >= 0.6 is 0 Å². The average Bonchev–Trinajstić information content (AvgIpc) is 2.65. The van der Waals surface area contributed by atoms with Crippen LogP contribution in [0.25, 0.3) is 11.1 Å². The van der Waals surface area contributed by atoms with E-state index in [1.807, 2.05) is 42.5 Å². The minimum atomic E-state index is -1.10. The summed E-state index contributed by atoms with van der Waals surface area (Å²) in [7, 11) is 0. The first-order chi connectivity index (χ1) is 12.4. The lowest BCUT2D eigenvalue weighted by molar-refractivity contribution is -0.141. The average molecular weight is 354 g/mol. The van der Waals surface area contributed by atoms with E-state index >= 15 is 0 Å². The van der Waals surface area contributed by atoms with Gasteiger partial charge < -0.3 is 15.3 Å². The van der Waals surface area contributed by atoms with Crippen LogP contribution in [0.2, 0.25) is 0 Å². The molecule has 2 N–H and O–H groups in total. The van der Waals surface area contributed by atoms with E-state index in [1.54, 1.807) is 12.1 Å². The Labute approximate surface area is 152 Å². The molecule has 0 aliphatic rings. The maximum absolute atomic E-state index is 12.8. The largest absolute Gasteiger partial charge is 0.480 e. The molecular weight excluding hydrogens is 332 g/mol. The summed E-state index contributed by atoms with van der Waals surface area (Å²) in [6.45, 7) is 3.13. The van der Waals surface area contributed by atoms with Crippen molar-refractivity contribution in [3.05, 3.63) is 60.2 Å². The first-order valence-corrected chi connectivity index (χ1v) is 8.34. The predicted molar refractivity (Wildman–Crippen MR) is 98.7 cm³/mol. The number of hydrogen-bond acceptors (Lipinski definition) is 3. The number of carbonyl (C=O) groups excluding carboxylic acids is 2. The molecule has 0 aliphatic heterocycles. The Morgan fingerprint density at radius 1 is 1.00 bits per heavy atom. The van der Waals surface area contributed by atoms with Crippen molar-refractivity contribution >= 4 is 17.8 Å². The van der Waals surface area contributed by atoms with Gasteiger partial charge in [0.05, 0.1) is 0 Å². The van der Waals surface area contributed by atoms with Crippen molar-refractivity contribution in [1.82, 2.24) is 10.2 Å². The zero-order valence-corrected chi connectivity index (χ0v) is 14.8. The van der Waals surface area contributed by atoms with Gasteiger partial charge >= 0.3 is 5.97 Å². The summed E-state index contributed by atoms with van der Waals surface area (Å²) >= 11 is 0. The molecule has 0 heterocycles. The molecule has 0 aliphatic carbocycles. The first-order valence-electron chi connectivity index (χ1n) is 8.34. The maximum Gasteiger partial charge on any atom is 0.326 e. The van der Waals surface area contributed by atoms with Crippen molar-refractivity contribution in [2.45, 2.75) is 19.9 Å². The van der Waals surface area contributed by atoms with Crippen molar-refractivity contribution in [3.63, 3.8) is 0 Å². The van der Waals surface area contributed by atoms with Crippen LogP contribution in [0, 0.1) is 0 Å². The Bertz CT molecular complexity index is 772. The Hall–Kier alpha value is -3.15. The van der Waals surface area contributed by atoms with Crippen LogP contribution in [-0.2, 0) is 9.59 Å². The number of nitrogens with zero attached hydrogens (tertiary/aromatic N) is 1. The summed E-state index contributed by atoms with van der Waals surface area (Å²) < 4.78 is 0. The zero-order chi connectivity index (χ0) is 19.1. The van der Waals surface area contributed by atoms with Crippen molar-refractivity contribution in [1.29, 1.82) is 0 Å². The highest BCUT2D eigenvalue weighted by molar-refractivity contribution is 5.97. The number of nitrogens with one attached hydrogen (secondary N) is 1. The summed E-state index contributed by atoms with van der Waals surface area (Å²) in [5.41, 5.74) is 2.41. The van der Waals surface area contributed by atoms with Gasteiger partial charge in [-0.15, -0.1) is 0 Å². The Morgan fingerprint density at radius 3 is 2.12 bits per heavy atom. The monoisotopic (exact) mass is 354 g/mol. The van der Waals surface area contributed by atoms with Crippen molar-refractivity contribution in [2.75, 3.05) is 13.1 Å². The summed E-state index contributed by atoms with van der Waals surface area (Å²) in [5, 5.41) is 11.8. The van der Waals surface area contributed by atoms with E-state index in [9.17, 15) is 19.5 Å². The second kappa shape index (κ2) is 8.80. The SMILES string of the molecule is CC(=O)NCCN(C(=O)c1ccc(-c2ccccc2)cc1)C(C)C(=O)O.